The quantitative estimate of drug-likeness (QED) is 0.910. The fourth-order valence-electron chi connectivity index (χ4n) is 1.92. The van der Waals surface area contributed by atoms with Crippen LogP contribution < -0.4 is 10.1 Å². The van der Waals surface area contributed by atoms with Crippen LogP contribution in [0.2, 0.25) is 5.02 Å². The molecule has 1 N–H and O–H groups in total. The number of alkyl halides is 2. The van der Waals surface area contributed by atoms with Crippen molar-refractivity contribution >= 4 is 28.4 Å². The molecule has 0 aliphatic carbocycles. The van der Waals surface area contributed by atoms with Gasteiger partial charge < -0.3 is 10.1 Å². The first-order valence-electron chi connectivity index (χ1n) is 6.67. The molecule has 0 saturated carbocycles. The Kier molecular flexibility index (Phi) is 5.13. The van der Waals surface area contributed by atoms with Crippen LogP contribution in [0, 0.1) is 0 Å². The number of aromatic nitrogens is 1. The third-order valence-electron chi connectivity index (χ3n) is 2.78. The molecular formula is C15H15ClF2N2O2. The molecule has 0 spiro atoms. The lowest BCUT2D eigenvalue weighted by Gasteiger charge is -2.13. The minimum absolute atomic E-state index is 0.0312. The number of benzene rings is 1. The largest absolute Gasteiger partial charge is 0.483 e. The van der Waals surface area contributed by atoms with Crippen molar-refractivity contribution in [2.75, 3.05) is 6.61 Å². The van der Waals surface area contributed by atoms with Crippen molar-refractivity contribution in [3.63, 3.8) is 0 Å². The SMILES string of the molecule is CC(C)NC(=O)COc1cc(C(F)F)nc2ccc(Cl)cc12. The van der Waals surface area contributed by atoms with E-state index in [1.54, 1.807) is 12.1 Å². The Hall–Kier alpha value is -1.95. The maximum absolute atomic E-state index is 12.9. The number of hydrogen-bond donors (Lipinski definition) is 1. The van der Waals surface area contributed by atoms with Crippen molar-refractivity contribution in [3.8, 4) is 5.75 Å². The van der Waals surface area contributed by atoms with Gasteiger partial charge in [-0.05, 0) is 32.0 Å². The Morgan fingerprint density at radius 2 is 2.09 bits per heavy atom. The van der Waals surface area contributed by atoms with Crippen molar-refractivity contribution in [1.29, 1.82) is 0 Å². The van der Waals surface area contributed by atoms with Crippen LogP contribution in [0.15, 0.2) is 24.3 Å². The van der Waals surface area contributed by atoms with E-state index in [4.69, 9.17) is 16.3 Å². The van der Waals surface area contributed by atoms with E-state index in [-0.39, 0.29) is 24.3 Å². The third-order valence-corrected chi connectivity index (χ3v) is 3.02. The minimum atomic E-state index is -2.73. The van der Waals surface area contributed by atoms with E-state index >= 15 is 0 Å². The number of rotatable bonds is 5. The summed E-state index contributed by atoms with van der Waals surface area (Å²) in [5.41, 5.74) is -0.0736. The number of hydrogen-bond acceptors (Lipinski definition) is 3. The summed E-state index contributed by atoms with van der Waals surface area (Å²) in [4.78, 5) is 15.5. The van der Waals surface area contributed by atoms with E-state index < -0.39 is 12.1 Å². The first-order valence-corrected chi connectivity index (χ1v) is 7.05. The van der Waals surface area contributed by atoms with Gasteiger partial charge >= 0.3 is 0 Å². The Bertz CT molecular complexity index is 693. The maximum Gasteiger partial charge on any atom is 0.280 e. The molecule has 22 heavy (non-hydrogen) atoms. The lowest BCUT2D eigenvalue weighted by Crippen LogP contribution is -2.34. The third kappa shape index (κ3) is 4.04. The highest BCUT2D eigenvalue weighted by atomic mass is 35.5. The molecule has 2 aromatic rings. The van der Waals surface area contributed by atoms with E-state index in [9.17, 15) is 13.6 Å². The predicted molar refractivity (Wildman–Crippen MR) is 80.5 cm³/mol. The molecule has 4 nitrogen and oxygen atoms in total. The van der Waals surface area contributed by atoms with E-state index in [1.807, 2.05) is 13.8 Å². The summed E-state index contributed by atoms with van der Waals surface area (Å²) in [5, 5.41) is 3.56. The molecule has 0 atom stereocenters. The molecule has 1 aromatic carbocycles. The standard InChI is InChI=1S/C15H15ClF2N2O2/c1-8(2)19-14(21)7-22-13-6-12(15(17)18)20-11-4-3-9(16)5-10(11)13/h3-6,8,15H,7H2,1-2H3,(H,19,21). The zero-order valence-electron chi connectivity index (χ0n) is 12.1. The second kappa shape index (κ2) is 6.87. The Morgan fingerprint density at radius 1 is 1.36 bits per heavy atom. The van der Waals surface area contributed by atoms with Crippen LogP contribution >= 0.6 is 11.6 Å². The smallest absolute Gasteiger partial charge is 0.280 e. The van der Waals surface area contributed by atoms with Gasteiger partial charge in [0.05, 0.1) is 5.52 Å². The van der Waals surface area contributed by atoms with Crippen molar-refractivity contribution in [2.24, 2.45) is 0 Å². The molecule has 0 aliphatic heterocycles. The summed E-state index contributed by atoms with van der Waals surface area (Å²) >= 11 is 5.91. The number of carbonyl (C=O) groups excluding carboxylic acids is 1. The van der Waals surface area contributed by atoms with E-state index in [1.165, 1.54) is 6.07 Å². The zero-order chi connectivity index (χ0) is 16.3. The second-order valence-corrected chi connectivity index (χ2v) is 5.45. The molecule has 0 bridgehead atoms. The summed E-state index contributed by atoms with van der Waals surface area (Å²) in [6.45, 7) is 3.36. The topological polar surface area (TPSA) is 51.2 Å². The van der Waals surface area contributed by atoms with Crippen LogP contribution in [0.5, 0.6) is 5.75 Å². The van der Waals surface area contributed by atoms with Gasteiger partial charge in [0, 0.05) is 22.5 Å². The van der Waals surface area contributed by atoms with Gasteiger partial charge in [-0.15, -0.1) is 0 Å². The summed E-state index contributed by atoms with van der Waals surface area (Å²) in [7, 11) is 0. The number of ether oxygens (including phenoxy) is 1. The van der Waals surface area contributed by atoms with Gasteiger partial charge in [-0.25, -0.2) is 13.8 Å². The normalized spacial score (nSPS) is 11.2. The van der Waals surface area contributed by atoms with Crippen LogP contribution in [-0.2, 0) is 4.79 Å². The number of amides is 1. The molecule has 0 radical (unpaired) electrons. The average molecular weight is 329 g/mol. The summed E-state index contributed by atoms with van der Waals surface area (Å²) in [6, 6.07) is 5.75. The van der Waals surface area contributed by atoms with Gasteiger partial charge in [-0.3, -0.25) is 4.79 Å². The molecule has 0 fully saturated rings. The first kappa shape index (κ1) is 16.4. The number of nitrogens with one attached hydrogen (secondary N) is 1. The van der Waals surface area contributed by atoms with Gasteiger partial charge in [0.15, 0.2) is 6.61 Å². The van der Waals surface area contributed by atoms with E-state index in [0.717, 1.165) is 6.07 Å². The van der Waals surface area contributed by atoms with Crippen LogP contribution in [0.1, 0.15) is 26.0 Å². The molecule has 2 rings (SSSR count). The van der Waals surface area contributed by atoms with Crippen molar-refractivity contribution < 1.29 is 18.3 Å². The number of pyridine rings is 1. The van der Waals surface area contributed by atoms with Gasteiger partial charge in [-0.2, -0.15) is 0 Å². The first-order chi connectivity index (χ1) is 10.4. The monoisotopic (exact) mass is 328 g/mol. The second-order valence-electron chi connectivity index (χ2n) is 5.02. The summed E-state index contributed by atoms with van der Waals surface area (Å²) in [6.07, 6.45) is -2.73. The fraction of sp³-hybridized carbons (Fsp3) is 0.333. The molecule has 118 valence electrons. The fourth-order valence-corrected chi connectivity index (χ4v) is 2.10. The minimum Gasteiger partial charge on any atom is -0.483 e. The lowest BCUT2D eigenvalue weighted by molar-refractivity contribution is -0.123. The summed E-state index contributed by atoms with van der Waals surface area (Å²) < 4.78 is 31.2. The highest BCUT2D eigenvalue weighted by molar-refractivity contribution is 6.31. The zero-order valence-corrected chi connectivity index (χ0v) is 12.8. The van der Waals surface area contributed by atoms with Crippen LogP contribution in [-0.4, -0.2) is 23.5 Å². The number of carbonyl (C=O) groups is 1. The van der Waals surface area contributed by atoms with Crippen LogP contribution in [0.4, 0.5) is 8.78 Å². The van der Waals surface area contributed by atoms with Gasteiger partial charge in [0.2, 0.25) is 0 Å². The van der Waals surface area contributed by atoms with Crippen molar-refractivity contribution in [2.45, 2.75) is 26.3 Å². The van der Waals surface area contributed by atoms with Gasteiger partial charge in [0.25, 0.3) is 12.3 Å². The molecule has 0 unspecified atom stereocenters. The van der Waals surface area contributed by atoms with Gasteiger partial charge in [-0.1, -0.05) is 11.6 Å². The molecule has 1 amide bonds. The Labute approximate surface area is 131 Å². The van der Waals surface area contributed by atoms with Crippen molar-refractivity contribution in [3.05, 3.63) is 35.0 Å². The van der Waals surface area contributed by atoms with Crippen LogP contribution in [0.3, 0.4) is 0 Å². The number of nitrogens with zero attached hydrogens (tertiary/aromatic N) is 1. The molecule has 7 heteroatoms. The molecule has 1 heterocycles. The number of halogens is 3. The summed E-state index contributed by atoms with van der Waals surface area (Å²) in [5.74, 6) is -0.178. The van der Waals surface area contributed by atoms with E-state index in [2.05, 4.69) is 10.3 Å². The van der Waals surface area contributed by atoms with Gasteiger partial charge in [0.1, 0.15) is 11.4 Å². The maximum atomic E-state index is 12.9. The van der Waals surface area contributed by atoms with E-state index in [0.29, 0.717) is 15.9 Å². The predicted octanol–water partition coefficient (Wildman–Crippen LogP) is 3.73. The van der Waals surface area contributed by atoms with Crippen molar-refractivity contribution in [1.82, 2.24) is 10.3 Å². The molecule has 0 aliphatic rings. The highest BCUT2D eigenvalue weighted by Crippen LogP contribution is 2.31. The molecule has 1 aromatic heterocycles. The lowest BCUT2D eigenvalue weighted by atomic mass is 10.2. The highest BCUT2D eigenvalue weighted by Gasteiger charge is 2.15. The van der Waals surface area contributed by atoms with Crippen LogP contribution in [0.25, 0.3) is 10.9 Å². The molecular weight excluding hydrogens is 314 g/mol. The number of fused-ring (bicyclic) bond motifs is 1. The Balaban J connectivity index is 2.33. The molecule has 0 saturated heterocycles. The Morgan fingerprint density at radius 3 is 2.73 bits per heavy atom. The average Bonchev–Trinajstić information content (AvgIpc) is 2.43.